The Morgan fingerprint density at radius 3 is 2.57 bits per heavy atom. The van der Waals surface area contributed by atoms with E-state index in [0.29, 0.717) is 49.5 Å². The molecule has 1 N–H and O–H groups in total. The maximum Gasteiger partial charge on any atom is 0.143 e. The van der Waals surface area contributed by atoms with Gasteiger partial charge < -0.3 is 9.72 Å². The third-order valence-corrected chi connectivity index (χ3v) is 4.17. The van der Waals surface area contributed by atoms with Gasteiger partial charge in [-0.2, -0.15) is 5.26 Å². The molecule has 0 amide bonds. The second kappa shape index (κ2) is 5.73. The van der Waals surface area contributed by atoms with Crippen molar-refractivity contribution in [2.24, 2.45) is 0 Å². The number of nitriles is 1. The Hall–Kier alpha value is -2.29. The molecule has 3 aromatic rings. The van der Waals surface area contributed by atoms with E-state index in [1.54, 1.807) is 19.1 Å². The normalized spacial score (nSPS) is 10.8. The van der Waals surface area contributed by atoms with E-state index in [1.165, 1.54) is 7.11 Å². The van der Waals surface area contributed by atoms with Crippen LogP contribution in [0, 0.1) is 25.2 Å². The van der Waals surface area contributed by atoms with E-state index in [-0.39, 0.29) is 0 Å². The number of benzene rings is 1. The van der Waals surface area contributed by atoms with E-state index in [1.807, 2.05) is 6.92 Å². The minimum atomic E-state index is 0.411. The summed E-state index contributed by atoms with van der Waals surface area (Å²) in [5.41, 5.74) is 3.06. The molecule has 0 fully saturated rings. The zero-order chi connectivity index (χ0) is 16.7. The Labute approximate surface area is 142 Å². The van der Waals surface area contributed by atoms with Crippen LogP contribution in [0.2, 0.25) is 10.0 Å². The number of aryl methyl sites for hydroxylation is 2. The molecule has 3 rings (SSSR count). The smallest absolute Gasteiger partial charge is 0.143 e. The summed E-state index contributed by atoms with van der Waals surface area (Å²) in [6.45, 7) is 3.61. The van der Waals surface area contributed by atoms with Crippen LogP contribution in [0.15, 0.2) is 12.1 Å². The molecule has 7 heteroatoms. The first-order valence-electron chi connectivity index (χ1n) is 6.76. The van der Waals surface area contributed by atoms with Gasteiger partial charge in [0.05, 0.1) is 33.8 Å². The van der Waals surface area contributed by atoms with Crippen LogP contribution in [0.5, 0.6) is 5.75 Å². The van der Waals surface area contributed by atoms with Gasteiger partial charge in [0, 0.05) is 11.3 Å². The van der Waals surface area contributed by atoms with Crippen molar-refractivity contribution in [2.75, 3.05) is 7.11 Å². The highest BCUT2D eigenvalue weighted by molar-refractivity contribution is 6.37. The lowest BCUT2D eigenvalue weighted by atomic mass is 10.0. The lowest BCUT2D eigenvalue weighted by molar-refractivity contribution is 0.415. The predicted octanol–water partition coefficient (Wildman–Crippen LogP) is 4.43. The molecule has 0 spiro atoms. The van der Waals surface area contributed by atoms with E-state index >= 15 is 0 Å². The Morgan fingerprint density at radius 2 is 1.91 bits per heavy atom. The zero-order valence-electron chi connectivity index (χ0n) is 12.7. The van der Waals surface area contributed by atoms with Crippen LogP contribution < -0.4 is 4.74 Å². The van der Waals surface area contributed by atoms with Crippen LogP contribution in [0.25, 0.3) is 22.3 Å². The average molecular weight is 347 g/mol. The lowest BCUT2D eigenvalue weighted by Gasteiger charge is -2.10. The maximum atomic E-state index is 9.46. The fourth-order valence-corrected chi connectivity index (χ4v) is 3.08. The lowest BCUT2D eigenvalue weighted by Crippen LogP contribution is -1.95. The molecule has 0 aliphatic carbocycles. The second-order valence-corrected chi connectivity index (χ2v) is 5.86. The van der Waals surface area contributed by atoms with Crippen molar-refractivity contribution in [3.8, 4) is 23.1 Å². The molecule has 0 radical (unpaired) electrons. The highest BCUT2D eigenvalue weighted by Gasteiger charge is 2.20. The highest BCUT2D eigenvalue weighted by atomic mass is 35.5. The van der Waals surface area contributed by atoms with Crippen LogP contribution in [0.4, 0.5) is 0 Å². The third-order valence-electron chi connectivity index (χ3n) is 3.56. The molecule has 23 heavy (non-hydrogen) atoms. The number of nitrogens with zero attached hydrogens (tertiary/aromatic N) is 3. The van der Waals surface area contributed by atoms with Gasteiger partial charge in [-0.3, -0.25) is 0 Å². The van der Waals surface area contributed by atoms with Gasteiger partial charge in [0.2, 0.25) is 0 Å². The summed E-state index contributed by atoms with van der Waals surface area (Å²) in [6, 6.07) is 5.52. The molecule has 116 valence electrons. The molecule has 0 unspecified atom stereocenters. The van der Waals surface area contributed by atoms with Gasteiger partial charge in [0.15, 0.2) is 0 Å². The molecule has 0 atom stereocenters. The van der Waals surface area contributed by atoms with Crippen LogP contribution in [0.3, 0.4) is 0 Å². The van der Waals surface area contributed by atoms with Crippen molar-refractivity contribution in [1.82, 2.24) is 15.0 Å². The summed E-state index contributed by atoms with van der Waals surface area (Å²) in [4.78, 5) is 12.0. The molecule has 5 nitrogen and oxygen atoms in total. The Morgan fingerprint density at radius 1 is 1.17 bits per heavy atom. The fourth-order valence-electron chi connectivity index (χ4n) is 2.53. The molecular formula is C16H12Cl2N4O. The molecule has 2 aromatic heterocycles. The van der Waals surface area contributed by atoms with E-state index in [2.05, 4.69) is 21.0 Å². The second-order valence-electron chi connectivity index (χ2n) is 5.05. The first kappa shape index (κ1) is 15.6. The van der Waals surface area contributed by atoms with Crippen LogP contribution in [-0.4, -0.2) is 22.1 Å². The van der Waals surface area contributed by atoms with Crippen molar-refractivity contribution in [1.29, 1.82) is 5.26 Å². The Bertz CT molecular complexity index is 973. The number of halogens is 2. The number of hydrogen-bond donors (Lipinski definition) is 1. The quantitative estimate of drug-likeness (QED) is 0.744. The Balaban J connectivity index is 2.43. The third kappa shape index (κ3) is 2.50. The monoisotopic (exact) mass is 346 g/mol. The summed E-state index contributed by atoms with van der Waals surface area (Å²) in [5.74, 6) is 1.06. The molecule has 0 saturated carbocycles. The van der Waals surface area contributed by atoms with Gasteiger partial charge >= 0.3 is 0 Å². The molecule has 0 aliphatic rings. The number of nitrogens with one attached hydrogen (secondary N) is 1. The number of H-pyrrole nitrogens is 1. The maximum absolute atomic E-state index is 9.46. The number of aromatic amines is 1. The minimum Gasteiger partial charge on any atom is -0.495 e. The number of ether oxygens (including phenoxy) is 1. The summed E-state index contributed by atoms with van der Waals surface area (Å²) in [6.07, 6.45) is 0. The van der Waals surface area contributed by atoms with Gasteiger partial charge in [0.25, 0.3) is 0 Å². The molecule has 1 aromatic carbocycles. The zero-order valence-corrected chi connectivity index (χ0v) is 14.2. The standard InChI is InChI=1S/C16H12Cl2N4O/c1-7-10(6-19)14-15(21-8(2)22-16(14)20-7)9-4-13(23-3)12(18)5-11(9)17/h4-5H,1-3H3,(H,20,21,22). The highest BCUT2D eigenvalue weighted by Crippen LogP contribution is 2.39. The summed E-state index contributed by atoms with van der Waals surface area (Å²) >= 11 is 12.5. The molecular weight excluding hydrogens is 335 g/mol. The van der Waals surface area contributed by atoms with Gasteiger partial charge in [-0.1, -0.05) is 23.2 Å². The van der Waals surface area contributed by atoms with E-state index in [9.17, 15) is 5.26 Å². The van der Waals surface area contributed by atoms with Crippen LogP contribution in [-0.2, 0) is 0 Å². The van der Waals surface area contributed by atoms with Gasteiger partial charge in [-0.05, 0) is 26.0 Å². The van der Waals surface area contributed by atoms with Crippen molar-refractivity contribution >= 4 is 34.2 Å². The minimum absolute atomic E-state index is 0.411. The van der Waals surface area contributed by atoms with Gasteiger partial charge in [-0.15, -0.1) is 0 Å². The number of methoxy groups -OCH3 is 1. The average Bonchev–Trinajstić information content (AvgIpc) is 2.81. The van der Waals surface area contributed by atoms with E-state index in [0.717, 1.165) is 5.69 Å². The molecule has 0 aliphatic heterocycles. The van der Waals surface area contributed by atoms with Crippen LogP contribution in [0.1, 0.15) is 17.1 Å². The van der Waals surface area contributed by atoms with E-state index in [4.69, 9.17) is 27.9 Å². The fraction of sp³-hybridized carbons (Fsp3) is 0.188. The van der Waals surface area contributed by atoms with Crippen molar-refractivity contribution in [3.63, 3.8) is 0 Å². The van der Waals surface area contributed by atoms with Crippen molar-refractivity contribution in [3.05, 3.63) is 39.3 Å². The summed E-state index contributed by atoms with van der Waals surface area (Å²) in [5, 5.41) is 10.9. The SMILES string of the molecule is COc1cc(-c2nc(C)nc3[nH]c(C)c(C#N)c23)c(Cl)cc1Cl. The number of hydrogen-bond acceptors (Lipinski definition) is 4. The first-order chi connectivity index (χ1) is 11.0. The van der Waals surface area contributed by atoms with Crippen molar-refractivity contribution < 1.29 is 4.74 Å². The largest absolute Gasteiger partial charge is 0.495 e. The van der Waals surface area contributed by atoms with Crippen molar-refractivity contribution in [2.45, 2.75) is 13.8 Å². The van der Waals surface area contributed by atoms with Gasteiger partial charge in [0.1, 0.15) is 23.3 Å². The predicted molar refractivity (Wildman–Crippen MR) is 90.1 cm³/mol. The number of aromatic nitrogens is 3. The molecule has 0 saturated heterocycles. The first-order valence-corrected chi connectivity index (χ1v) is 7.52. The molecule has 0 bridgehead atoms. The number of fused-ring (bicyclic) bond motifs is 1. The van der Waals surface area contributed by atoms with E-state index < -0.39 is 0 Å². The Kier molecular flexibility index (Phi) is 3.88. The topological polar surface area (TPSA) is 74.6 Å². The summed E-state index contributed by atoms with van der Waals surface area (Å²) < 4.78 is 5.26. The summed E-state index contributed by atoms with van der Waals surface area (Å²) in [7, 11) is 1.53. The number of rotatable bonds is 2. The van der Waals surface area contributed by atoms with Gasteiger partial charge in [-0.25, -0.2) is 9.97 Å². The van der Waals surface area contributed by atoms with Crippen LogP contribution >= 0.6 is 23.2 Å². The molecule has 2 heterocycles.